The fourth-order valence-corrected chi connectivity index (χ4v) is 4.74. The van der Waals surface area contributed by atoms with Gasteiger partial charge in [0.05, 0.1) is 12.0 Å². The standard InChI is InChI=1S/C27H34O3.Y/c1-4-22-13-14-23(27(28)29)18-26(22)25-16-15-24(17-19(25)2)30-20(3)9-8-12-21-10-6-5-7-11-21;/h4-7,10-11,15,17,20,22-23,26H,8-9,12-14,18H2,1-3H3,(H,28,29);/q-2;/t20-,22+,23-,26?;/m1./s1. The topological polar surface area (TPSA) is 46.5 Å². The van der Waals surface area contributed by atoms with Crippen molar-refractivity contribution in [2.24, 2.45) is 11.8 Å². The van der Waals surface area contributed by atoms with Gasteiger partial charge in [-0.2, -0.15) is 30.0 Å². The minimum Gasteiger partial charge on any atom is -0.548 e. The first-order valence-electron chi connectivity index (χ1n) is 11.2. The second-order valence-corrected chi connectivity index (χ2v) is 8.69. The van der Waals surface area contributed by atoms with Crippen LogP contribution in [-0.2, 0) is 43.9 Å². The SMILES string of the molecule is C[CH-][C@H]1CC[C@@H](C(=O)O)CC1c1[c-]cc(O[C@H](C)CCCc2ccccc2)cc1C.[Y]. The fourth-order valence-electron chi connectivity index (χ4n) is 4.74. The van der Waals surface area contributed by atoms with Crippen molar-refractivity contribution < 1.29 is 47.3 Å². The third-order valence-electron chi connectivity index (χ3n) is 6.46. The van der Waals surface area contributed by atoms with Crippen LogP contribution in [-0.4, -0.2) is 17.2 Å². The normalized spacial score (nSPS) is 21.7. The van der Waals surface area contributed by atoms with Gasteiger partial charge >= 0.3 is 5.97 Å². The Kier molecular flexibility index (Phi) is 10.7. The molecular weight excluding hydrogens is 461 g/mol. The molecule has 1 unspecified atom stereocenters. The van der Waals surface area contributed by atoms with Gasteiger partial charge in [0.25, 0.3) is 0 Å². The Balaban J connectivity index is 0.00000341. The van der Waals surface area contributed by atoms with Gasteiger partial charge in [0.15, 0.2) is 0 Å². The zero-order chi connectivity index (χ0) is 21.5. The number of benzene rings is 2. The number of rotatable bonds is 9. The third kappa shape index (κ3) is 7.43. The fraction of sp³-hybridized carbons (Fsp3) is 0.481. The summed E-state index contributed by atoms with van der Waals surface area (Å²) >= 11 is 0. The number of hydrogen-bond acceptors (Lipinski definition) is 2. The molecule has 0 saturated heterocycles. The van der Waals surface area contributed by atoms with Crippen molar-refractivity contribution in [3.63, 3.8) is 0 Å². The van der Waals surface area contributed by atoms with E-state index in [0.717, 1.165) is 49.0 Å². The van der Waals surface area contributed by atoms with Crippen LogP contribution in [0.1, 0.15) is 68.6 Å². The molecule has 4 atom stereocenters. The summed E-state index contributed by atoms with van der Waals surface area (Å²) in [4.78, 5) is 11.5. The third-order valence-corrected chi connectivity index (χ3v) is 6.46. The monoisotopic (exact) mass is 495 g/mol. The molecule has 1 fully saturated rings. The first-order chi connectivity index (χ1) is 14.5. The van der Waals surface area contributed by atoms with Gasteiger partial charge in [-0.3, -0.25) is 4.79 Å². The quantitative estimate of drug-likeness (QED) is 0.410. The Morgan fingerprint density at radius 1 is 1.29 bits per heavy atom. The number of ether oxygens (including phenoxy) is 1. The molecule has 0 aliphatic heterocycles. The van der Waals surface area contributed by atoms with Crippen LogP contribution in [0.2, 0.25) is 0 Å². The molecule has 2 aromatic rings. The van der Waals surface area contributed by atoms with Gasteiger partial charge in [0.1, 0.15) is 0 Å². The van der Waals surface area contributed by atoms with E-state index < -0.39 is 5.97 Å². The van der Waals surface area contributed by atoms with E-state index in [2.05, 4.69) is 63.6 Å². The molecule has 1 N–H and O–H groups in total. The second-order valence-electron chi connectivity index (χ2n) is 8.69. The van der Waals surface area contributed by atoms with Crippen LogP contribution in [0.25, 0.3) is 0 Å². The molecule has 3 rings (SSSR count). The average Bonchev–Trinajstić information content (AvgIpc) is 2.74. The Morgan fingerprint density at radius 2 is 2.03 bits per heavy atom. The summed E-state index contributed by atoms with van der Waals surface area (Å²) in [5.41, 5.74) is 3.66. The number of aliphatic carboxylic acids is 1. The number of carboxylic acids is 1. The molecule has 0 heterocycles. The van der Waals surface area contributed by atoms with E-state index in [-0.39, 0.29) is 50.6 Å². The maximum absolute atomic E-state index is 11.5. The van der Waals surface area contributed by atoms with E-state index in [9.17, 15) is 9.90 Å². The minimum atomic E-state index is -0.670. The molecule has 1 aliphatic carbocycles. The summed E-state index contributed by atoms with van der Waals surface area (Å²) < 4.78 is 6.15. The molecule has 1 radical (unpaired) electrons. The van der Waals surface area contributed by atoms with E-state index in [1.54, 1.807) is 0 Å². The molecule has 0 spiro atoms. The smallest absolute Gasteiger partial charge is 0.306 e. The van der Waals surface area contributed by atoms with Crippen molar-refractivity contribution in [1.29, 1.82) is 0 Å². The number of aryl methyl sites for hydroxylation is 2. The van der Waals surface area contributed by atoms with Gasteiger partial charge in [-0.05, 0) is 44.6 Å². The first-order valence-corrected chi connectivity index (χ1v) is 11.2. The molecule has 2 aromatic carbocycles. The maximum Gasteiger partial charge on any atom is 0.306 e. The predicted octanol–water partition coefficient (Wildman–Crippen LogP) is 6.39. The Hall–Kier alpha value is -1.19. The van der Waals surface area contributed by atoms with Crippen LogP contribution in [0.15, 0.2) is 42.5 Å². The van der Waals surface area contributed by atoms with Crippen molar-refractivity contribution in [1.82, 2.24) is 0 Å². The molecule has 3 nitrogen and oxygen atoms in total. The van der Waals surface area contributed by atoms with Gasteiger partial charge in [-0.25, -0.2) is 0 Å². The van der Waals surface area contributed by atoms with E-state index in [1.807, 2.05) is 12.1 Å². The van der Waals surface area contributed by atoms with Crippen LogP contribution in [0.3, 0.4) is 0 Å². The average molecular weight is 495 g/mol. The van der Waals surface area contributed by atoms with E-state index >= 15 is 0 Å². The summed E-state index contributed by atoms with van der Waals surface area (Å²) in [6.07, 6.45) is 7.94. The molecule has 0 bridgehead atoms. The van der Waals surface area contributed by atoms with Gasteiger partial charge in [0, 0.05) is 38.5 Å². The number of carboxylic acid groups (broad SMARTS) is 1. The van der Waals surface area contributed by atoms with Crippen LogP contribution in [0, 0.1) is 31.2 Å². The molecule has 1 saturated carbocycles. The van der Waals surface area contributed by atoms with Crippen molar-refractivity contribution in [2.45, 2.75) is 71.3 Å². The number of carbonyl (C=O) groups is 1. The second kappa shape index (κ2) is 12.7. The first kappa shape index (κ1) is 26.1. The van der Waals surface area contributed by atoms with Gasteiger partial charge in [0.2, 0.25) is 0 Å². The van der Waals surface area contributed by atoms with E-state index in [0.29, 0.717) is 12.3 Å². The Morgan fingerprint density at radius 3 is 2.68 bits per heavy atom. The van der Waals surface area contributed by atoms with Crippen LogP contribution in [0.5, 0.6) is 5.75 Å². The molecule has 4 heteroatoms. The molecular formula is C27H34O3Y-2. The molecule has 1 aliphatic rings. The molecule has 0 amide bonds. The summed E-state index contributed by atoms with van der Waals surface area (Å²) in [7, 11) is 0. The zero-order valence-corrected chi connectivity index (χ0v) is 21.9. The van der Waals surface area contributed by atoms with Crippen LogP contribution in [0.4, 0.5) is 0 Å². The molecule has 165 valence electrons. The van der Waals surface area contributed by atoms with Crippen LogP contribution < -0.4 is 4.74 Å². The maximum atomic E-state index is 11.5. The zero-order valence-electron chi connectivity index (χ0n) is 19.0. The van der Waals surface area contributed by atoms with E-state index in [1.165, 1.54) is 5.56 Å². The van der Waals surface area contributed by atoms with Crippen molar-refractivity contribution >= 4 is 5.97 Å². The predicted molar refractivity (Wildman–Crippen MR) is 121 cm³/mol. The van der Waals surface area contributed by atoms with Crippen molar-refractivity contribution in [3.05, 3.63) is 71.6 Å². The number of hydrogen-bond donors (Lipinski definition) is 1. The summed E-state index contributed by atoms with van der Waals surface area (Å²) in [6, 6.07) is 18.0. The van der Waals surface area contributed by atoms with E-state index in [4.69, 9.17) is 4.74 Å². The largest absolute Gasteiger partial charge is 0.548 e. The van der Waals surface area contributed by atoms with Crippen LogP contribution >= 0.6 is 0 Å². The Labute approximate surface area is 212 Å². The summed E-state index contributed by atoms with van der Waals surface area (Å²) in [5.74, 6) is 0.573. The van der Waals surface area contributed by atoms with Crippen molar-refractivity contribution in [2.75, 3.05) is 0 Å². The van der Waals surface area contributed by atoms with Gasteiger partial charge in [-0.15, -0.1) is 12.1 Å². The molecule has 0 aromatic heterocycles. The minimum absolute atomic E-state index is 0. The molecule has 31 heavy (non-hydrogen) atoms. The van der Waals surface area contributed by atoms with Gasteiger partial charge in [-0.1, -0.05) is 49.6 Å². The van der Waals surface area contributed by atoms with Gasteiger partial charge < -0.3 is 16.3 Å². The summed E-state index contributed by atoms with van der Waals surface area (Å²) in [5, 5.41) is 9.48. The van der Waals surface area contributed by atoms with Crippen molar-refractivity contribution in [3.8, 4) is 5.75 Å². The Bertz CT molecular complexity index is 820. The summed E-state index contributed by atoms with van der Waals surface area (Å²) in [6.45, 7) is 6.30.